The molecular formula is C19H36BClO4. The molecule has 4 nitrogen and oxygen atoms in total. The highest BCUT2D eigenvalue weighted by Crippen LogP contribution is 2.65. The topological polar surface area (TPSA) is 80.9 Å². The van der Waals surface area contributed by atoms with Crippen LogP contribution in [0.25, 0.3) is 0 Å². The van der Waals surface area contributed by atoms with E-state index in [1.165, 1.54) is 0 Å². The van der Waals surface area contributed by atoms with Gasteiger partial charge in [-0.05, 0) is 56.8 Å². The Morgan fingerprint density at radius 1 is 1.16 bits per heavy atom. The Labute approximate surface area is 158 Å². The van der Waals surface area contributed by atoms with E-state index >= 15 is 0 Å². The fourth-order valence-electron chi connectivity index (χ4n) is 4.25. The van der Waals surface area contributed by atoms with Crippen LogP contribution >= 0.6 is 11.6 Å². The normalized spacial score (nSPS) is 33.5. The average Bonchev–Trinajstić information content (AvgIpc) is 2.53. The summed E-state index contributed by atoms with van der Waals surface area (Å²) >= 11 is 5.64. The zero-order chi connectivity index (χ0) is 19.3. The van der Waals surface area contributed by atoms with Crippen LogP contribution in [0.3, 0.4) is 0 Å². The minimum absolute atomic E-state index is 0.0885. The molecule has 2 bridgehead atoms. The lowest BCUT2D eigenvalue weighted by Gasteiger charge is -2.68. The fourth-order valence-corrected chi connectivity index (χ4v) is 4.41. The number of aliphatic hydroxyl groups is 2. The number of hydrogen-bond donors (Lipinski definition) is 4. The molecule has 3 unspecified atom stereocenters. The van der Waals surface area contributed by atoms with Crippen molar-refractivity contribution >= 4 is 18.7 Å². The number of halogens is 1. The van der Waals surface area contributed by atoms with Crippen molar-refractivity contribution in [3.8, 4) is 0 Å². The molecule has 0 heterocycles. The first-order chi connectivity index (χ1) is 11.5. The lowest BCUT2D eigenvalue weighted by Crippen LogP contribution is -2.74. The Bertz CT molecular complexity index is 418. The van der Waals surface area contributed by atoms with E-state index in [0.29, 0.717) is 12.3 Å². The van der Waals surface area contributed by atoms with Crippen LogP contribution in [0, 0.1) is 11.3 Å². The van der Waals surface area contributed by atoms with Gasteiger partial charge in [-0.25, -0.2) is 0 Å². The average molecular weight is 375 g/mol. The molecule has 0 aromatic heterocycles. The molecule has 3 rings (SSSR count). The summed E-state index contributed by atoms with van der Waals surface area (Å²) in [4.78, 5) is 0. The second-order valence-electron chi connectivity index (χ2n) is 8.51. The molecule has 146 valence electrons. The van der Waals surface area contributed by atoms with Crippen LogP contribution < -0.4 is 0 Å². The first kappa shape index (κ1) is 23.0. The zero-order valence-corrected chi connectivity index (χ0v) is 16.8. The van der Waals surface area contributed by atoms with Crippen LogP contribution in [-0.4, -0.2) is 43.9 Å². The van der Waals surface area contributed by atoms with Gasteiger partial charge < -0.3 is 20.3 Å². The van der Waals surface area contributed by atoms with Crippen LogP contribution in [0.4, 0.5) is 0 Å². The lowest BCUT2D eigenvalue weighted by molar-refractivity contribution is -0.312. The highest BCUT2D eigenvalue weighted by molar-refractivity contribution is 6.57. The summed E-state index contributed by atoms with van der Waals surface area (Å²) in [5, 5.41) is 37.1. The van der Waals surface area contributed by atoms with Crippen molar-refractivity contribution < 1.29 is 20.3 Å². The molecule has 4 atom stereocenters. The van der Waals surface area contributed by atoms with E-state index in [0.717, 1.165) is 51.4 Å². The number of fused-ring (bicyclic) bond motifs is 2. The van der Waals surface area contributed by atoms with Gasteiger partial charge in [-0.1, -0.05) is 39.2 Å². The summed E-state index contributed by atoms with van der Waals surface area (Å²) in [6.07, 6.45) is 10.6. The van der Waals surface area contributed by atoms with Crippen LogP contribution in [0.2, 0.25) is 0 Å². The molecule has 0 aromatic rings. The van der Waals surface area contributed by atoms with Gasteiger partial charge in [0.2, 0.25) is 0 Å². The molecule has 0 spiro atoms. The monoisotopic (exact) mass is 374 g/mol. The van der Waals surface area contributed by atoms with Crippen LogP contribution in [0.5, 0.6) is 0 Å². The third-order valence-electron chi connectivity index (χ3n) is 6.46. The van der Waals surface area contributed by atoms with Gasteiger partial charge in [-0.2, -0.15) is 0 Å². The Balaban J connectivity index is 0.000000250. The molecule has 3 saturated carbocycles. The predicted octanol–water partition coefficient (Wildman–Crippen LogP) is 3.44. The molecule has 3 aliphatic rings. The number of alkyl halides is 1. The number of hydrogen-bond acceptors (Lipinski definition) is 4. The summed E-state index contributed by atoms with van der Waals surface area (Å²) in [5.74, 6) is 0.614. The standard InChI is InChI=1S/C10H18O2.C9H18BClO2/c1-8(2)7-4-5-9(3,11)10(8,12)6-7;1-2-3-4-5-6-7-8-9(11)10(12)13/h7,11-12H,4-6H2,1-3H3;2,9,12-13H,1,3-8H2/t;9-/m.0/s1. The maximum Gasteiger partial charge on any atom is 0.470 e. The van der Waals surface area contributed by atoms with Crippen LogP contribution in [0.15, 0.2) is 12.7 Å². The Morgan fingerprint density at radius 3 is 2.20 bits per heavy atom. The highest BCUT2D eigenvalue weighted by atomic mass is 35.5. The lowest BCUT2D eigenvalue weighted by atomic mass is 9.41. The van der Waals surface area contributed by atoms with E-state index < -0.39 is 23.6 Å². The molecule has 3 fully saturated rings. The minimum Gasteiger partial charge on any atom is -0.426 e. The summed E-state index contributed by atoms with van der Waals surface area (Å²) in [6, 6.07) is 0. The van der Waals surface area contributed by atoms with Gasteiger partial charge in [0, 0.05) is 0 Å². The first-order valence-corrected chi connectivity index (χ1v) is 9.99. The van der Waals surface area contributed by atoms with Crippen LogP contribution in [-0.2, 0) is 0 Å². The van der Waals surface area contributed by atoms with E-state index in [9.17, 15) is 10.2 Å². The second-order valence-corrected chi connectivity index (χ2v) is 9.07. The smallest absolute Gasteiger partial charge is 0.426 e. The quantitative estimate of drug-likeness (QED) is 0.227. The molecule has 6 heteroatoms. The molecular weight excluding hydrogens is 338 g/mol. The zero-order valence-electron chi connectivity index (χ0n) is 16.0. The predicted molar refractivity (Wildman–Crippen MR) is 104 cm³/mol. The van der Waals surface area contributed by atoms with E-state index in [-0.39, 0.29) is 5.41 Å². The molecule has 0 aliphatic heterocycles. The molecule has 4 N–H and O–H groups in total. The van der Waals surface area contributed by atoms with Gasteiger partial charge in [0.25, 0.3) is 0 Å². The number of allylic oxidation sites excluding steroid dienone is 1. The molecule has 0 radical (unpaired) electrons. The summed E-state index contributed by atoms with van der Waals surface area (Å²) in [7, 11) is -1.38. The van der Waals surface area contributed by atoms with E-state index in [4.69, 9.17) is 21.6 Å². The molecule has 0 amide bonds. The third-order valence-corrected chi connectivity index (χ3v) is 6.90. The van der Waals surface area contributed by atoms with Gasteiger partial charge >= 0.3 is 7.12 Å². The van der Waals surface area contributed by atoms with Crippen molar-refractivity contribution in [3.05, 3.63) is 12.7 Å². The van der Waals surface area contributed by atoms with Crippen molar-refractivity contribution in [1.29, 1.82) is 0 Å². The van der Waals surface area contributed by atoms with Gasteiger partial charge in [-0.3, -0.25) is 0 Å². The minimum atomic E-state index is -1.38. The Kier molecular flexibility index (Phi) is 8.48. The van der Waals surface area contributed by atoms with Crippen molar-refractivity contribution in [1.82, 2.24) is 0 Å². The van der Waals surface area contributed by atoms with Gasteiger partial charge in [0.15, 0.2) is 0 Å². The highest BCUT2D eigenvalue weighted by Gasteiger charge is 2.69. The van der Waals surface area contributed by atoms with E-state index in [1.54, 1.807) is 6.92 Å². The van der Waals surface area contributed by atoms with Crippen molar-refractivity contribution in [2.75, 3.05) is 0 Å². The van der Waals surface area contributed by atoms with Gasteiger partial charge in [0.05, 0.1) is 16.5 Å². The Hall–Kier alpha value is -0.0651. The summed E-state index contributed by atoms with van der Waals surface area (Å²) in [5.41, 5.74) is -1.79. The second kappa shape index (κ2) is 9.23. The number of unbranched alkanes of at least 4 members (excludes halogenated alkanes) is 4. The van der Waals surface area contributed by atoms with E-state index in [2.05, 4.69) is 20.4 Å². The fraction of sp³-hybridized carbons (Fsp3) is 0.895. The SMILES string of the molecule is C=CCCCCCC[C@H](Cl)B(O)O.CC1(O)CCC2CC1(O)C2(C)C. The summed E-state index contributed by atoms with van der Waals surface area (Å²) < 4.78 is 0. The van der Waals surface area contributed by atoms with Gasteiger partial charge in [0.1, 0.15) is 0 Å². The number of rotatable bonds is 8. The van der Waals surface area contributed by atoms with Crippen molar-refractivity contribution in [2.24, 2.45) is 11.3 Å². The van der Waals surface area contributed by atoms with Crippen molar-refractivity contribution in [2.45, 2.75) is 95.0 Å². The van der Waals surface area contributed by atoms with E-state index in [1.807, 2.05) is 6.08 Å². The Morgan fingerprint density at radius 2 is 1.76 bits per heavy atom. The molecule has 0 saturated heterocycles. The van der Waals surface area contributed by atoms with Gasteiger partial charge in [-0.15, -0.1) is 18.2 Å². The molecule has 0 aromatic carbocycles. The maximum atomic E-state index is 10.2. The third kappa shape index (κ3) is 5.23. The maximum absolute atomic E-state index is 10.2. The van der Waals surface area contributed by atoms with Crippen molar-refractivity contribution in [3.63, 3.8) is 0 Å². The largest absolute Gasteiger partial charge is 0.470 e. The molecule has 3 aliphatic carbocycles. The summed E-state index contributed by atoms with van der Waals surface area (Å²) in [6.45, 7) is 9.54. The molecule has 25 heavy (non-hydrogen) atoms. The van der Waals surface area contributed by atoms with Crippen LogP contribution in [0.1, 0.15) is 78.6 Å². The first-order valence-electron chi connectivity index (χ1n) is 9.55.